The van der Waals surface area contributed by atoms with Crippen LogP contribution in [0.2, 0.25) is 5.02 Å². The lowest BCUT2D eigenvalue weighted by molar-refractivity contribution is -0.134. The third-order valence-electron chi connectivity index (χ3n) is 2.61. The summed E-state index contributed by atoms with van der Waals surface area (Å²) < 4.78 is 4.95. The number of carbonyl (C=O) groups is 3. The van der Waals surface area contributed by atoms with E-state index >= 15 is 0 Å². The average molecular weight is 311 g/mol. The second kappa shape index (κ2) is 7.59. The number of Topliss-reactive ketones (excluding diaryl/α,β-unsaturated/α-hetero) is 2. The Bertz CT molecular complexity index is 592. The lowest BCUT2D eigenvalue weighted by Gasteiger charge is -2.05. The first-order valence-electron chi connectivity index (χ1n) is 6.21. The monoisotopic (exact) mass is 310 g/mol. The lowest BCUT2D eigenvalue weighted by atomic mass is 10.1. The molecule has 0 unspecified atom stereocenters. The van der Waals surface area contributed by atoms with E-state index < -0.39 is 17.5 Å². The zero-order valence-corrected chi connectivity index (χ0v) is 12.3. The molecule has 5 nitrogen and oxygen atoms in total. The van der Waals surface area contributed by atoms with E-state index in [0.29, 0.717) is 0 Å². The Balaban J connectivity index is 2.40. The van der Waals surface area contributed by atoms with Gasteiger partial charge in [0, 0.05) is 6.42 Å². The minimum atomic E-state index is -0.615. The van der Waals surface area contributed by atoms with Crippen LogP contribution in [0.4, 0.5) is 0 Å². The number of hydrogen-bond acceptors (Lipinski definition) is 5. The molecule has 0 bridgehead atoms. The molecule has 6 heteroatoms. The number of allylic oxidation sites excluding steroid dienone is 1. The maximum atomic E-state index is 11.7. The first kappa shape index (κ1) is 16.9. The largest absolute Gasteiger partial charge is 0.506 e. The summed E-state index contributed by atoms with van der Waals surface area (Å²) in [5.74, 6) is -1.90. The van der Waals surface area contributed by atoms with Gasteiger partial charge in [0.2, 0.25) is 11.6 Å². The molecule has 1 rings (SSSR count). The number of aromatic hydroxyl groups is 1. The number of hydrogen-bond donors (Lipinski definition) is 1. The van der Waals surface area contributed by atoms with Gasteiger partial charge in [-0.1, -0.05) is 18.2 Å². The number of benzene rings is 1. The van der Waals surface area contributed by atoms with E-state index in [1.807, 2.05) is 0 Å². The average Bonchev–Trinajstić information content (AvgIpc) is 2.44. The first-order valence-corrected chi connectivity index (χ1v) is 6.59. The van der Waals surface area contributed by atoms with Crippen molar-refractivity contribution in [1.82, 2.24) is 0 Å². The number of carbonyl (C=O) groups excluding carboxylic acids is 3. The van der Waals surface area contributed by atoms with Crippen molar-refractivity contribution in [3.8, 4) is 5.75 Å². The van der Waals surface area contributed by atoms with Crippen molar-refractivity contribution in [2.75, 3.05) is 6.61 Å². The lowest BCUT2D eigenvalue weighted by Crippen LogP contribution is -2.15. The first-order chi connectivity index (χ1) is 9.82. The highest BCUT2D eigenvalue weighted by Gasteiger charge is 2.14. The molecule has 1 aromatic rings. The third kappa shape index (κ3) is 5.04. The SMILES string of the molecule is C=C(C)C(=O)C(=O)CCCOC(=O)c1ccc(O)c(Cl)c1. The van der Waals surface area contributed by atoms with Gasteiger partial charge in [-0.3, -0.25) is 9.59 Å². The molecule has 0 spiro atoms. The van der Waals surface area contributed by atoms with E-state index in [0.717, 1.165) is 0 Å². The maximum absolute atomic E-state index is 11.7. The summed E-state index contributed by atoms with van der Waals surface area (Å²) in [5, 5.41) is 9.28. The van der Waals surface area contributed by atoms with Crippen molar-refractivity contribution >= 4 is 29.1 Å². The Morgan fingerprint density at radius 3 is 2.57 bits per heavy atom. The van der Waals surface area contributed by atoms with Crippen molar-refractivity contribution in [3.05, 3.63) is 40.9 Å². The quantitative estimate of drug-likeness (QED) is 0.362. The van der Waals surface area contributed by atoms with Crippen molar-refractivity contribution in [2.45, 2.75) is 19.8 Å². The molecule has 0 radical (unpaired) electrons. The number of rotatable bonds is 7. The van der Waals surface area contributed by atoms with E-state index in [4.69, 9.17) is 16.3 Å². The maximum Gasteiger partial charge on any atom is 0.338 e. The van der Waals surface area contributed by atoms with Crippen molar-refractivity contribution < 1.29 is 24.2 Å². The molecule has 0 saturated heterocycles. The van der Waals surface area contributed by atoms with E-state index in [-0.39, 0.29) is 41.4 Å². The zero-order valence-electron chi connectivity index (χ0n) is 11.5. The fourth-order valence-corrected chi connectivity index (χ4v) is 1.65. The molecule has 0 aliphatic heterocycles. The third-order valence-corrected chi connectivity index (χ3v) is 2.91. The Kier molecular flexibility index (Phi) is 6.11. The summed E-state index contributed by atoms with van der Waals surface area (Å²) in [6.45, 7) is 4.87. The smallest absolute Gasteiger partial charge is 0.338 e. The molecule has 0 aliphatic rings. The summed E-state index contributed by atoms with van der Waals surface area (Å²) in [7, 11) is 0. The minimum absolute atomic E-state index is 0.00466. The molecule has 0 fully saturated rings. The Labute approximate surface area is 127 Å². The topological polar surface area (TPSA) is 80.7 Å². The molecule has 0 amide bonds. The van der Waals surface area contributed by atoms with Gasteiger partial charge in [-0.15, -0.1) is 0 Å². The van der Waals surface area contributed by atoms with Gasteiger partial charge in [0.15, 0.2) is 0 Å². The van der Waals surface area contributed by atoms with Crippen LogP contribution in [0.3, 0.4) is 0 Å². The number of phenols is 1. The number of phenolic OH excluding ortho intramolecular Hbond substituents is 1. The molecule has 0 heterocycles. The molecular weight excluding hydrogens is 296 g/mol. The van der Waals surface area contributed by atoms with Gasteiger partial charge < -0.3 is 9.84 Å². The van der Waals surface area contributed by atoms with E-state index in [9.17, 15) is 19.5 Å². The van der Waals surface area contributed by atoms with Gasteiger partial charge in [-0.05, 0) is 37.1 Å². The van der Waals surface area contributed by atoms with Crippen LogP contribution < -0.4 is 0 Å². The number of ketones is 2. The highest BCUT2D eigenvalue weighted by atomic mass is 35.5. The van der Waals surface area contributed by atoms with E-state index in [2.05, 4.69) is 6.58 Å². The van der Waals surface area contributed by atoms with Crippen LogP contribution in [0, 0.1) is 0 Å². The molecule has 0 saturated carbocycles. The van der Waals surface area contributed by atoms with Crippen molar-refractivity contribution in [3.63, 3.8) is 0 Å². The fourth-order valence-electron chi connectivity index (χ4n) is 1.47. The summed E-state index contributed by atoms with van der Waals surface area (Å²) in [4.78, 5) is 34.3. The highest BCUT2D eigenvalue weighted by Crippen LogP contribution is 2.23. The Morgan fingerprint density at radius 1 is 1.33 bits per heavy atom. The van der Waals surface area contributed by atoms with Gasteiger partial charge in [-0.2, -0.15) is 0 Å². The molecule has 0 aromatic heterocycles. The molecule has 0 aliphatic carbocycles. The predicted octanol–water partition coefficient (Wildman–Crippen LogP) is 2.70. The molecule has 0 atom stereocenters. The summed E-state index contributed by atoms with van der Waals surface area (Å²) in [6.07, 6.45) is 0.241. The van der Waals surface area contributed by atoms with Crippen molar-refractivity contribution in [1.29, 1.82) is 0 Å². The highest BCUT2D eigenvalue weighted by molar-refractivity contribution is 6.43. The molecular formula is C15H15ClO5. The van der Waals surface area contributed by atoms with Gasteiger partial charge in [0.1, 0.15) is 5.75 Å². The summed E-state index contributed by atoms with van der Waals surface area (Å²) in [6, 6.07) is 3.95. The van der Waals surface area contributed by atoms with Crippen LogP contribution in [0.15, 0.2) is 30.4 Å². The second-order valence-electron chi connectivity index (χ2n) is 4.44. The van der Waals surface area contributed by atoms with Gasteiger partial charge in [0.25, 0.3) is 0 Å². The molecule has 1 N–H and O–H groups in total. The Hall–Kier alpha value is -2.14. The van der Waals surface area contributed by atoms with Crippen LogP contribution in [-0.2, 0) is 14.3 Å². The minimum Gasteiger partial charge on any atom is -0.506 e. The summed E-state index contributed by atoms with van der Waals surface area (Å²) >= 11 is 5.68. The Morgan fingerprint density at radius 2 is 2.00 bits per heavy atom. The normalized spacial score (nSPS) is 10.0. The van der Waals surface area contributed by atoms with E-state index in [1.165, 1.54) is 25.1 Å². The molecule has 21 heavy (non-hydrogen) atoms. The van der Waals surface area contributed by atoms with Crippen LogP contribution in [0.1, 0.15) is 30.1 Å². The van der Waals surface area contributed by atoms with Crippen LogP contribution in [0.5, 0.6) is 5.75 Å². The molecule has 1 aromatic carbocycles. The van der Waals surface area contributed by atoms with Gasteiger partial charge in [-0.25, -0.2) is 4.79 Å². The number of halogens is 1. The van der Waals surface area contributed by atoms with Crippen LogP contribution >= 0.6 is 11.6 Å². The van der Waals surface area contributed by atoms with Crippen LogP contribution in [-0.4, -0.2) is 29.2 Å². The fraction of sp³-hybridized carbons (Fsp3) is 0.267. The zero-order chi connectivity index (χ0) is 16.0. The molecule has 112 valence electrons. The summed E-state index contributed by atoms with van der Waals surface area (Å²) in [5.41, 5.74) is 0.387. The van der Waals surface area contributed by atoms with Crippen LogP contribution in [0.25, 0.3) is 0 Å². The van der Waals surface area contributed by atoms with Crippen molar-refractivity contribution in [2.24, 2.45) is 0 Å². The van der Waals surface area contributed by atoms with Gasteiger partial charge in [0.05, 0.1) is 17.2 Å². The number of esters is 1. The second-order valence-corrected chi connectivity index (χ2v) is 4.85. The standard InChI is InChI=1S/C15H15ClO5/c1-9(2)14(19)13(18)4-3-7-21-15(20)10-5-6-12(17)11(16)8-10/h5-6,8,17H,1,3-4,7H2,2H3. The number of ether oxygens (including phenoxy) is 1. The predicted molar refractivity (Wildman–Crippen MR) is 77.5 cm³/mol. The van der Waals surface area contributed by atoms with E-state index in [1.54, 1.807) is 0 Å². The van der Waals surface area contributed by atoms with Gasteiger partial charge >= 0.3 is 5.97 Å².